The van der Waals surface area contributed by atoms with Crippen LogP contribution in [0.4, 0.5) is 5.69 Å². The predicted molar refractivity (Wildman–Crippen MR) is 86.5 cm³/mol. The van der Waals surface area contributed by atoms with E-state index in [-0.39, 0.29) is 11.7 Å². The van der Waals surface area contributed by atoms with Gasteiger partial charge in [0.2, 0.25) is 0 Å². The van der Waals surface area contributed by atoms with Crippen molar-refractivity contribution in [3.8, 4) is 5.75 Å². The number of carbonyl (C=O) groups excluding carboxylic acids is 1. The van der Waals surface area contributed by atoms with Crippen LogP contribution in [0, 0.1) is 20.8 Å². The summed E-state index contributed by atoms with van der Waals surface area (Å²) in [5, 5.41) is 13.2. The summed E-state index contributed by atoms with van der Waals surface area (Å²) in [6.07, 6.45) is 0. The molecular formula is C18H17NO3. The van der Waals surface area contributed by atoms with E-state index in [1.54, 1.807) is 19.1 Å². The number of nitrogens with one attached hydrogen (secondary N) is 1. The van der Waals surface area contributed by atoms with Gasteiger partial charge in [0.15, 0.2) is 0 Å². The molecule has 2 aromatic carbocycles. The number of fused-ring (bicyclic) bond motifs is 1. The van der Waals surface area contributed by atoms with Crippen molar-refractivity contribution in [1.82, 2.24) is 0 Å². The summed E-state index contributed by atoms with van der Waals surface area (Å²) >= 11 is 0. The smallest absolute Gasteiger partial charge is 0.259 e. The first-order valence-corrected chi connectivity index (χ1v) is 7.06. The second kappa shape index (κ2) is 5.22. The minimum Gasteiger partial charge on any atom is -0.508 e. The van der Waals surface area contributed by atoms with Crippen LogP contribution in [-0.2, 0) is 0 Å². The Balaban J connectivity index is 2.02. The highest BCUT2D eigenvalue weighted by Gasteiger charge is 2.19. The molecule has 2 N–H and O–H groups in total. The van der Waals surface area contributed by atoms with Gasteiger partial charge in [-0.25, -0.2) is 0 Å². The Morgan fingerprint density at radius 1 is 1.09 bits per heavy atom. The van der Waals surface area contributed by atoms with E-state index in [2.05, 4.69) is 5.32 Å². The molecule has 0 spiro atoms. The SMILES string of the molecule is Cc1ccc(NC(=O)c2c(C)oc3ccc(O)cc23)c(C)c1. The quantitative estimate of drug-likeness (QED) is 0.740. The van der Waals surface area contributed by atoms with Crippen LogP contribution in [0.15, 0.2) is 40.8 Å². The van der Waals surface area contributed by atoms with Crippen LogP contribution >= 0.6 is 0 Å². The van der Waals surface area contributed by atoms with Crippen LogP contribution in [0.3, 0.4) is 0 Å². The molecule has 0 saturated carbocycles. The molecule has 1 aromatic heterocycles. The molecule has 0 saturated heterocycles. The number of hydrogen-bond donors (Lipinski definition) is 2. The van der Waals surface area contributed by atoms with Gasteiger partial charge in [-0.05, 0) is 50.6 Å². The zero-order valence-electron chi connectivity index (χ0n) is 12.7. The summed E-state index contributed by atoms with van der Waals surface area (Å²) in [7, 11) is 0. The molecule has 4 heteroatoms. The average molecular weight is 295 g/mol. The molecular weight excluding hydrogens is 278 g/mol. The van der Waals surface area contributed by atoms with E-state index in [4.69, 9.17) is 4.42 Å². The lowest BCUT2D eigenvalue weighted by molar-refractivity contribution is 0.102. The molecule has 0 bridgehead atoms. The number of aromatic hydroxyl groups is 1. The highest BCUT2D eigenvalue weighted by atomic mass is 16.3. The fraction of sp³-hybridized carbons (Fsp3) is 0.167. The third-order valence-corrected chi connectivity index (χ3v) is 3.70. The number of rotatable bonds is 2. The first-order chi connectivity index (χ1) is 10.5. The maximum absolute atomic E-state index is 12.6. The van der Waals surface area contributed by atoms with Gasteiger partial charge < -0.3 is 14.8 Å². The molecule has 0 unspecified atom stereocenters. The van der Waals surface area contributed by atoms with Gasteiger partial charge in [0, 0.05) is 11.1 Å². The van der Waals surface area contributed by atoms with Crippen molar-refractivity contribution >= 4 is 22.6 Å². The number of carbonyl (C=O) groups is 1. The van der Waals surface area contributed by atoms with Gasteiger partial charge in [0.05, 0.1) is 5.56 Å². The Labute approximate surface area is 128 Å². The second-order valence-corrected chi connectivity index (χ2v) is 5.49. The molecule has 1 heterocycles. The topological polar surface area (TPSA) is 62.5 Å². The zero-order chi connectivity index (χ0) is 15.9. The van der Waals surface area contributed by atoms with Gasteiger partial charge in [-0.15, -0.1) is 0 Å². The molecule has 1 amide bonds. The summed E-state index contributed by atoms with van der Waals surface area (Å²) in [4.78, 5) is 12.6. The third-order valence-electron chi connectivity index (χ3n) is 3.70. The number of aryl methyl sites for hydroxylation is 3. The maximum Gasteiger partial charge on any atom is 0.259 e. The zero-order valence-corrected chi connectivity index (χ0v) is 12.7. The number of furan rings is 1. The van der Waals surface area contributed by atoms with Gasteiger partial charge in [-0.3, -0.25) is 4.79 Å². The standard InChI is InChI=1S/C18H17NO3/c1-10-4-6-15(11(2)8-10)19-18(21)17-12(3)22-16-7-5-13(20)9-14(16)17/h4-9,20H,1-3H3,(H,19,21). The summed E-state index contributed by atoms with van der Waals surface area (Å²) in [5.41, 5.74) is 3.95. The van der Waals surface area contributed by atoms with Crippen LogP contribution in [0.5, 0.6) is 5.75 Å². The molecule has 112 valence electrons. The molecule has 0 atom stereocenters. The molecule has 4 nitrogen and oxygen atoms in total. The Kier molecular flexibility index (Phi) is 3.37. The molecule has 0 aliphatic carbocycles. The minimum atomic E-state index is -0.242. The van der Waals surface area contributed by atoms with Gasteiger partial charge >= 0.3 is 0 Å². The summed E-state index contributed by atoms with van der Waals surface area (Å²) in [6.45, 7) is 5.71. The van der Waals surface area contributed by atoms with Crippen LogP contribution in [0.1, 0.15) is 27.2 Å². The lowest BCUT2D eigenvalue weighted by Gasteiger charge is -2.09. The van der Waals surface area contributed by atoms with E-state index >= 15 is 0 Å². The maximum atomic E-state index is 12.6. The number of phenols is 1. The summed E-state index contributed by atoms with van der Waals surface area (Å²) in [6, 6.07) is 10.6. The molecule has 22 heavy (non-hydrogen) atoms. The third kappa shape index (κ3) is 2.44. The van der Waals surface area contributed by atoms with Gasteiger partial charge in [0.25, 0.3) is 5.91 Å². The number of benzene rings is 2. The van der Waals surface area contributed by atoms with Gasteiger partial charge in [-0.2, -0.15) is 0 Å². The summed E-state index contributed by atoms with van der Waals surface area (Å²) < 4.78 is 5.59. The van der Waals surface area contributed by atoms with Crippen molar-refractivity contribution < 1.29 is 14.3 Å². The van der Waals surface area contributed by atoms with Crippen LogP contribution in [0.25, 0.3) is 11.0 Å². The Hall–Kier alpha value is -2.75. The average Bonchev–Trinajstić information content (AvgIpc) is 2.77. The summed E-state index contributed by atoms with van der Waals surface area (Å²) in [5.74, 6) is 0.394. The van der Waals surface area contributed by atoms with Crippen molar-refractivity contribution in [3.63, 3.8) is 0 Å². The largest absolute Gasteiger partial charge is 0.508 e. The highest BCUT2D eigenvalue weighted by molar-refractivity contribution is 6.13. The Morgan fingerprint density at radius 3 is 2.59 bits per heavy atom. The van der Waals surface area contributed by atoms with Crippen molar-refractivity contribution in [2.24, 2.45) is 0 Å². The van der Waals surface area contributed by atoms with Crippen LogP contribution in [0.2, 0.25) is 0 Å². The first-order valence-electron chi connectivity index (χ1n) is 7.06. The van der Waals surface area contributed by atoms with Gasteiger partial charge in [-0.1, -0.05) is 17.7 Å². The van der Waals surface area contributed by atoms with E-state index < -0.39 is 0 Å². The van der Waals surface area contributed by atoms with Gasteiger partial charge in [0.1, 0.15) is 17.1 Å². The molecule has 3 rings (SSSR count). The van der Waals surface area contributed by atoms with E-state index in [0.29, 0.717) is 22.3 Å². The number of phenolic OH excluding ortho intramolecular Hbond substituents is 1. The fourth-order valence-corrected chi connectivity index (χ4v) is 2.63. The molecule has 0 aliphatic heterocycles. The highest BCUT2D eigenvalue weighted by Crippen LogP contribution is 2.29. The van der Waals surface area contributed by atoms with Crippen LogP contribution < -0.4 is 5.32 Å². The Morgan fingerprint density at radius 2 is 1.86 bits per heavy atom. The van der Waals surface area contributed by atoms with Crippen molar-refractivity contribution in [3.05, 3.63) is 58.8 Å². The number of hydrogen-bond acceptors (Lipinski definition) is 3. The van der Waals surface area contributed by atoms with Crippen molar-refractivity contribution in [2.75, 3.05) is 5.32 Å². The molecule has 0 fully saturated rings. The second-order valence-electron chi connectivity index (χ2n) is 5.49. The Bertz CT molecular complexity index is 877. The lowest BCUT2D eigenvalue weighted by atomic mass is 10.1. The minimum absolute atomic E-state index is 0.105. The van der Waals surface area contributed by atoms with E-state index in [1.165, 1.54) is 6.07 Å². The van der Waals surface area contributed by atoms with Crippen LogP contribution in [-0.4, -0.2) is 11.0 Å². The van der Waals surface area contributed by atoms with E-state index in [9.17, 15) is 9.90 Å². The number of anilines is 1. The monoisotopic (exact) mass is 295 g/mol. The fourth-order valence-electron chi connectivity index (χ4n) is 2.63. The number of amides is 1. The lowest BCUT2D eigenvalue weighted by Crippen LogP contribution is -2.13. The predicted octanol–water partition coefficient (Wildman–Crippen LogP) is 4.32. The molecule has 3 aromatic rings. The molecule has 0 aliphatic rings. The van der Waals surface area contributed by atoms with E-state index in [0.717, 1.165) is 16.8 Å². The van der Waals surface area contributed by atoms with Crippen molar-refractivity contribution in [2.45, 2.75) is 20.8 Å². The first kappa shape index (κ1) is 14.2. The van der Waals surface area contributed by atoms with E-state index in [1.807, 2.05) is 32.0 Å². The normalized spacial score (nSPS) is 10.9. The van der Waals surface area contributed by atoms with Crippen molar-refractivity contribution in [1.29, 1.82) is 0 Å². The molecule has 0 radical (unpaired) electrons.